The predicted octanol–water partition coefficient (Wildman–Crippen LogP) is 2.37. The third-order valence-electron chi connectivity index (χ3n) is 3.85. The van der Waals surface area contributed by atoms with Gasteiger partial charge in [0.1, 0.15) is 0 Å². The Morgan fingerprint density at radius 1 is 1.53 bits per heavy atom. The molecule has 0 spiro atoms. The molecule has 19 heavy (non-hydrogen) atoms. The standard InChI is InChI=1S/C14H23N3OS/c1-12(17-7-3-4-8-17)5-6-14(18)16(2)9-13-10-19-11-15-13/h10-12H,3-9H2,1-2H3/t12-/m1/s1. The number of likely N-dealkylation sites (tertiary alicyclic amines) is 1. The van der Waals surface area contributed by atoms with Crippen LogP contribution < -0.4 is 0 Å². The molecule has 5 heteroatoms. The average Bonchev–Trinajstić information content (AvgIpc) is 3.07. The Kier molecular flexibility index (Phi) is 5.34. The zero-order valence-corrected chi connectivity index (χ0v) is 12.7. The van der Waals surface area contributed by atoms with E-state index >= 15 is 0 Å². The first-order valence-electron chi connectivity index (χ1n) is 7.02. The fourth-order valence-electron chi connectivity index (χ4n) is 2.53. The summed E-state index contributed by atoms with van der Waals surface area (Å²) >= 11 is 1.57. The summed E-state index contributed by atoms with van der Waals surface area (Å²) in [7, 11) is 1.86. The molecule has 0 aromatic carbocycles. The van der Waals surface area contributed by atoms with E-state index in [2.05, 4.69) is 16.8 Å². The molecule has 106 valence electrons. The van der Waals surface area contributed by atoms with Crippen molar-refractivity contribution in [1.29, 1.82) is 0 Å². The third-order valence-corrected chi connectivity index (χ3v) is 4.48. The van der Waals surface area contributed by atoms with Crippen molar-refractivity contribution in [3.05, 3.63) is 16.6 Å². The largest absolute Gasteiger partial charge is 0.340 e. The van der Waals surface area contributed by atoms with Crippen LogP contribution in [0.2, 0.25) is 0 Å². The van der Waals surface area contributed by atoms with Crippen molar-refractivity contribution >= 4 is 17.2 Å². The Balaban J connectivity index is 1.71. The molecular formula is C14H23N3OS. The van der Waals surface area contributed by atoms with Gasteiger partial charge in [-0.1, -0.05) is 0 Å². The van der Waals surface area contributed by atoms with Gasteiger partial charge in [-0.3, -0.25) is 4.79 Å². The number of rotatable bonds is 6. The van der Waals surface area contributed by atoms with Gasteiger partial charge >= 0.3 is 0 Å². The first-order chi connectivity index (χ1) is 9.16. The van der Waals surface area contributed by atoms with Crippen LogP contribution in [0, 0.1) is 0 Å². The molecule has 1 amide bonds. The maximum absolute atomic E-state index is 12.1. The minimum Gasteiger partial charge on any atom is -0.340 e. The van der Waals surface area contributed by atoms with Crippen LogP contribution in [0.15, 0.2) is 10.9 Å². The molecule has 0 N–H and O–H groups in total. The molecule has 1 fully saturated rings. The summed E-state index contributed by atoms with van der Waals surface area (Å²) in [5.74, 6) is 0.221. The zero-order chi connectivity index (χ0) is 13.7. The van der Waals surface area contributed by atoms with Gasteiger partial charge in [0.2, 0.25) is 5.91 Å². The van der Waals surface area contributed by atoms with Crippen LogP contribution in [-0.2, 0) is 11.3 Å². The number of aromatic nitrogens is 1. The molecule has 1 aliphatic heterocycles. The first kappa shape index (κ1) is 14.5. The number of carbonyl (C=O) groups excluding carboxylic acids is 1. The highest BCUT2D eigenvalue weighted by atomic mass is 32.1. The Hall–Kier alpha value is -0.940. The van der Waals surface area contributed by atoms with Crippen LogP contribution in [0.4, 0.5) is 0 Å². The lowest BCUT2D eigenvalue weighted by molar-refractivity contribution is -0.130. The quantitative estimate of drug-likeness (QED) is 0.803. The molecule has 1 aromatic rings. The van der Waals surface area contributed by atoms with Gasteiger partial charge in [0.15, 0.2) is 0 Å². The molecule has 1 aliphatic rings. The van der Waals surface area contributed by atoms with E-state index in [1.807, 2.05) is 17.9 Å². The highest BCUT2D eigenvalue weighted by Gasteiger charge is 2.19. The monoisotopic (exact) mass is 281 g/mol. The van der Waals surface area contributed by atoms with Crippen LogP contribution in [0.5, 0.6) is 0 Å². The van der Waals surface area contributed by atoms with E-state index in [0.717, 1.165) is 12.1 Å². The highest BCUT2D eigenvalue weighted by Crippen LogP contribution is 2.15. The number of thiazole rings is 1. The molecular weight excluding hydrogens is 258 g/mol. The van der Waals surface area contributed by atoms with Gasteiger partial charge in [0, 0.05) is 24.9 Å². The van der Waals surface area contributed by atoms with Crippen molar-refractivity contribution in [3.8, 4) is 0 Å². The topological polar surface area (TPSA) is 36.4 Å². The molecule has 0 bridgehead atoms. The van der Waals surface area contributed by atoms with Crippen molar-refractivity contribution in [2.75, 3.05) is 20.1 Å². The summed E-state index contributed by atoms with van der Waals surface area (Å²) in [6.45, 7) is 5.26. The van der Waals surface area contributed by atoms with Crippen LogP contribution in [0.25, 0.3) is 0 Å². The molecule has 2 heterocycles. The minimum atomic E-state index is 0.221. The number of amides is 1. The maximum Gasteiger partial charge on any atom is 0.222 e. The number of hydrogen-bond acceptors (Lipinski definition) is 4. The SMILES string of the molecule is C[C@H](CCC(=O)N(C)Cc1cscn1)N1CCCC1. The van der Waals surface area contributed by atoms with E-state index < -0.39 is 0 Å². The zero-order valence-electron chi connectivity index (χ0n) is 11.8. The maximum atomic E-state index is 12.1. The van der Waals surface area contributed by atoms with Crippen LogP contribution in [0.3, 0.4) is 0 Å². The molecule has 2 rings (SSSR count). The second-order valence-corrected chi connectivity index (χ2v) is 6.08. The van der Waals surface area contributed by atoms with Gasteiger partial charge in [-0.2, -0.15) is 0 Å². The first-order valence-corrected chi connectivity index (χ1v) is 7.96. The fourth-order valence-corrected chi connectivity index (χ4v) is 3.08. The van der Waals surface area contributed by atoms with Gasteiger partial charge in [-0.25, -0.2) is 4.98 Å². The van der Waals surface area contributed by atoms with Crippen molar-refractivity contribution < 1.29 is 4.79 Å². The lowest BCUT2D eigenvalue weighted by atomic mass is 10.1. The van der Waals surface area contributed by atoms with E-state index in [0.29, 0.717) is 19.0 Å². The van der Waals surface area contributed by atoms with Gasteiger partial charge in [-0.05, 0) is 39.3 Å². The second kappa shape index (κ2) is 7.01. The number of hydrogen-bond donors (Lipinski definition) is 0. The van der Waals surface area contributed by atoms with Crippen molar-refractivity contribution in [3.63, 3.8) is 0 Å². The molecule has 0 aliphatic carbocycles. The Labute approximate surface area is 119 Å². The summed E-state index contributed by atoms with van der Waals surface area (Å²) in [5, 5.41) is 2.00. The van der Waals surface area contributed by atoms with Gasteiger partial charge in [0.05, 0.1) is 17.7 Å². The number of carbonyl (C=O) groups is 1. The second-order valence-electron chi connectivity index (χ2n) is 5.36. The van der Waals surface area contributed by atoms with E-state index in [-0.39, 0.29) is 5.91 Å². The summed E-state index contributed by atoms with van der Waals surface area (Å²) in [5.41, 5.74) is 2.79. The highest BCUT2D eigenvalue weighted by molar-refractivity contribution is 7.07. The molecule has 0 radical (unpaired) electrons. The molecule has 0 saturated carbocycles. The van der Waals surface area contributed by atoms with Gasteiger partial charge in [-0.15, -0.1) is 11.3 Å². The Morgan fingerprint density at radius 3 is 2.89 bits per heavy atom. The minimum absolute atomic E-state index is 0.221. The summed E-state index contributed by atoms with van der Waals surface area (Å²) in [4.78, 5) is 20.6. The Bertz CT molecular complexity index is 387. The lowest BCUT2D eigenvalue weighted by Crippen LogP contribution is -2.32. The van der Waals surface area contributed by atoms with Crippen molar-refractivity contribution in [2.45, 2.75) is 45.2 Å². The van der Waals surface area contributed by atoms with Crippen LogP contribution >= 0.6 is 11.3 Å². The van der Waals surface area contributed by atoms with Crippen molar-refractivity contribution in [1.82, 2.24) is 14.8 Å². The molecule has 1 aromatic heterocycles. The van der Waals surface area contributed by atoms with Gasteiger partial charge in [0.25, 0.3) is 0 Å². The van der Waals surface area contributed by atoms with E-state index in [9.17, 15) is 4.79 Å². The van der Waals surface area contributed by atoms with Crippen LogP contribution in [0.1, 0.15) is 38.3 Å². The normalized spacial score (nSPS) is 17.6. The third kappa shape index (κ3) is 4.28. The Morgan fingerprint density at radius 2 is 2.26 bits per heavy atom. The summed E-state index contributed by atoms with van der Waals surface area (Å²) in [6, 6.07) is 0.527. The van der Waals surface area contributed by atoms with E-state index in [1.54, 1.807) is 16.2 Å². The van der Waals surface area contributed by atoms with E-state index in [1.165, 1.54) is 25.9 Å². The predicted molar refractivity (Wildman–Crippen MR) is 78.1 cm³/mol. The average molecular weight is 281 g/mol. The summed E-state index contributed by atoms with van der Waals surface area (Å²) < 4.78 is 0. The van der Waals surface area contributed by atoms with Crippen molar-refractivity contribution in [2.24, 2.45) is 0 Å². The van der Waals surface area contributed by atoms with Crippen LogP contribution in [-0.4, -0.2) is 46.9 Å². The fraction of sp³-hybridized carbons (Fsp3) is 0.714. The molecule has 1 saturated heterocycles. The van der Waals surface area contributed by atoms with Gasteiger partial charge < -0.3 is 9.80 Å². The summed E-state index contributed by atoms with van der Waals surface area (Å²) in [6.07, 6.45) is 4.21. The lowest BCUT2D eigenvalue weighted by Gasteiger charge is -2.24. The van der Waals surface area contributed by atoms with E-state index in [4.69, 9.17) is 0 Å². The molecule has 0 unspecified atom stereocenters. The molecule has 1 atom stereocenters. The number of nitrogens with zero attached hydrogens (tertiary/aromatic N) is 3. The molecule has 4 nitrogen and oxygen atoms in total. The smallest absolute Gasteiger partial charge is 0.222 e.